The predicted octanol–water partition coefficient (Wildman–Crippen LogP) is 15.8. The fraction of sp³-hybridized carbons (Fsp3) is 0. The van der Waals surface area contributed by atoms with Gasteiger partial charge in [-0.2, -0.15) is 0 Å². The lowest BCUT2D eigenvalue weighted by Crippen LogP contribution is -1.94. The first kappa shape index (κ1) is 32.6. The summed E-state index contributed by atoms with van der Waals surface area (Å²) in [7, 11) is 0. The summed E-state index contributed by atoms with van der Waals surface area (Å²) in [6, 6.07) is 75.9. The molecule has 1 heteroatoms. The Morgan fingerprint density at radius 1 is 0.224 bits per heavy atom. The Hall–Kier alpha value is -7.61. The van der Waals surface area contributed by atoms with Gasteiger partial charge in [-0.15, -0.1) is 0 Å². The molecule has 12 aromatic rings. The van der Waals surface area contributed by atoms with Gasteiger partial charge in [-0.3, -0.25) is 4.98 Å². The molecule has 0 spiro atoms. The minimum Gasteiger partial charge on any atom is -0.256 e. The van der Waals surface area contributed by atoms with Crippen LogP contribution in [0.4, 0.5) is 0 Å². The van der Waals surface area contributed by atoms with Gasteiger partial charge in [0, 0.05) is 17.1 Å². The Labute approximate surface area is 336 Å². The standard InChI is InChI=1S/C57H35N/c1-3-15-38-31-41(27-25-36(38)13-1)54-45-18-6-9-21-48(45)56(42-28-26-37-14-2-4-16-39(37)32-42)52-34-43(29-30-51(52)54)55-46-19-7-10-22-49(46)57(50-23-11-8-20-47(50)55)44-33-40-17-5-12-24-53(40)58-35-44/h1-35H. The van der Waals surface area contributed by atoms with Crippen LogP contribution in [-0.4, -0.2) is 4.98 Å². The molecule has 0 radical (unpaired) electrons. The van der Waals surface area contributed by atoms with Crippen LogP contribution in [0.25, 0.3) is 120 Å². The molecular weight excluding hydrogens is 699 g/mol. The van der Waals surface area contributed by atoms with Gasteiger partial charge in [0.15, 0.2) is 0 Å². The molecule has 1 heterocycles. The zero-order valence-electron chi connectivity index (χ0n) is 31.7. The van der Waals surface area contributed by atoms with Crippen LogP contribution in [0.5, 0.6) is 0 Å². The number of nitrogens with zero attached hydrogens (tertiary/aromatic N) is 1. The van der Waals surface area contributed by atoms with Crippen molar-refractivity contribution in [1.29, 1.82) is 0 Å². The number of aromatic nitrogens is 1. The summed E-state index contributed by atoms with van der Waals surface area (Å²) in [5.74, 6) is 0. The molecular formula is C57H35N. The molecule has 0 N–H and O–H groups in total. The monoisotopic (exact) mass is 733 g/mol. The minimum atomic E-state index is 1.01. The molecule has 12 rings (SSSR count). The first-order chi connectivity index (χ1) is 28.8. The van der Waals surface area contributed by atoms with Crippen LogP contribution in [0.3, 0.4) is 0 Å². The van der Waals surface area contributed by atoms with E-state index in [0.29, 0.717) is 0 Å². The van der Waals surface area contributed by atoms with Crippen LogP contribution < -0.4 is 0 Å². The summed E-state index contributed by atoms with van der Waals surface area (Å²) >= 11 is 0. The highest BCUT2D eigenvalue weighted by molar-refractivity contribution is 6.25. The van der Waals surface area contributed by atoms with Gasteiger partial charge in [0.1, 0.15) is 0 Å². The maximum atomic E-state index is 4.92. The van der Waals surface area contributed by atoms with Crippen LogP contribution in [0.15, 0.2) is 212 Å². The summed E-state index contributed by atoms with van der Waals surface area (Å²) in [4.78, 5) is 4.92. The molecule has 0 saturated carbocycles. The molecule has 58 heavy (non-hydrogen) atoms. The zero-order valence-corrected chi connectivity index (χ0v) is 31.7. The number of hydrogen-bond donors (Lipinski definition) is 0. The van der Waals surface area contributed by atoms with Crippen LogP contribution in [0.2, 0.25) is 0 Å². The molecule has 0 aliphatic carbocycles. The third kappa shape index (κ3) is 5.07. The Morgan fingerprint density at radius 3 is 1.09 bits per heavy atom. The lowest BCUT2D eigenvalue weighted by atomic mass is 9.82. The highest BCUT2D eigenvalue weighted by atomic mass is 14.6. The number of rotatable bonds is 4. The van der Waals surface area contributed by atoms with Gasteiger partial charge in [-0.05, 0) is 134 Å². The highest BCUT2D eigenvalue weighted by Crippen LogP contribution is 2.48. The molecule has 1 nitrogen and oxygen atoms in total. The summed E-state index contributed by atoms with van der Waals surface area (Å²) in [5.41, 5.74) is 10.8. The van der Waals surface area contributed by atoms with E-state index in [-0.39, 0.29) is 0 Å². The van der Waals surface area contributed by atoms with Crippen molar-refractivity contribution in [3.05, 3.63) is 212 Å². The minimum absolute atomic E-state index is 1.01. The second kappa shape index (κ2) is 13.0. The van der Waals surface area contributed by atoms with E-state index in [1.54, 1.807) is 0 Å². The van der Waals surface area contributed by atoms with Gasteiger partial charge in [-0.25, -0.2) is 0 Å². The number of pyridine rings is 1. The van der Waals surface area contributed by atoms with Crippen molar-refractivity contribution >= 4 is 75.5 Å². The number of para-hydroxylation sites is 1. The Kier molecular flexibility index (Phi) is 7.30. The van der Waals surface area contributed by atoms with Gasteiger partial charge in [0.2, 0.25) is 0 Å². The van der Waals surface area contributed by atoms with Crippen molar-refractivity contribution < 1.29 is 0 Å². The molecule has 0 aliphatic heterocycles. The maximum Gasteiger partial charge on any atom is 0.0702 e. The molecule has 268 valence electrons. The van der Waals surface area contributed by atoms with E-state index in [2.05, 4.69) is 206 Å². The molecule has 0 amide bonds. The van der Waals surface area contributed by atoms with Gasteiger partial charge >= 0.3 is 0 Å². The summed E-state index contributed by atoms with van der Waals surface area (Å²) in [6.45, 7) is 0. The first-order valence-electron chi connectivity index (χ1n) is 20.0. The van der Waals surface area contributed by atoms with Crippen LogP contribution in [0.1, 0.15) is 0 Å². The number of fused-ring (bicyclic) bond motifs is 7. The highest BCUT2D eigenvalue weighted by Gasteiger charge is 2.21. The van der Waals surface area contributed by atoms with Crippen molar-refractivity contribution in [3.63, 3.8) is 0 Å². The molecule has 0 bridgehead atoms. The largest absolute Gasteiger partial charge is 0.256 e. The lowest BCUT2D eigenvalue weighted by Gasteiger charge is -2.21. The molecule has 0 unspecified atom stereocenters. The Morgan fingerprint density at radius 2 is 0.569 bits per heavy atom. The van der Waals surface area contributed by atoms with Crippen LogP contribution in [-0.2, 0) is 0 Å². The summed E-state index contributed by atoms with van der Waals surface area (Å²) in [6.07, 6.45) is 2.04. The van der Waals surface area contributed by atoms with Crippen molar-refractivity contribution in [2.24, 2.45) is 0 Å². The predicted molar refractivity (Wildman–Crippen MR) is 249 cm³/mol. The molecule has 0 atom stereocenters. The molecule has 0 aliphatic rings. The van der Waals surface area contributed by atoms with Gasteiger partial charge in [0.25, 0.3) is 0 Å². The van der Waals surface area contributed by atoms with E-state index in [4.69, 9.17) is 4.98 Å². The first-order valence-corrected chi connectivity index (χ1v) is 20.0. The van der Waals surface area contributed by atoms with E-state index in [0.717, 1.165) is 16.5 Å². The quantitative estimate of drug-likeness (QED) is 0.164. The molecule has 11 aromatic carbocycles. The number of hydrogen-bond acceptors (Lipinski definition) is 1. The van der Waals surface area contributed by atoms with Gasteiger partial charge in [-0.1, -0.05) is 176 Å². The zero-order chi connectivity index (χ0) is 38.2. The Bertz CT molecular complexity index is 3570. The van der Waals surface area contributed by atoms with E-state index < -0.39 is 0 Å². The third-order valence-electron chi connectivity index (χ3n) is 12.2. The number of benzene rings is 11. The third-order valence-corrected chi connectivity index (χ3v) is 12.2. The summed E-state index contributed by atoms with van der Waals surface area (Å²) in [5, 5.41) is 16.0. The molecule has 0 fully saturated rings. The fourth-order valence-electron chi connectivity index (χ4n) is 9.60. The molecule has 1 aromatic heterocycles. The van der Waals surface area contributed by atoms with Gasteiger partial charge in [0.05, 0.1) is 5.52 Å². The second-order valence-corrected chi connectivity index (χ2v) is 15.4. The van der Waals surface area contributed by atoms with Crippen LogP contribution in [0, 0.1) is 0 Å². The van der Waals surface area contributed by atoms with E-state index in [1.807, 2.05) is 6.20 Å². The van der Waals surface area contributed by atoms with Crippen LogP contribution >= 0.6 is 0 Å². The van der Waals surface area contributed by atoms with Crippen molar-refractivity contribution in [2.75, 3.05) is 0 Å². The van der Waals surface area contributed by atoms with Crippen molar-refractivity contribution in [1.82, 2.24) is 4.98 Å². The average molecular weight is 734 g/mol. The Balaban J connectivity index is 1.19. The SMILES string of the molecule is c1ccc2cc(-c3c4ccccc4c(-c4ccc5ccccc5c4)c4cc(-c5c6ccccc6c(-c6cnc7ccccc7c6)c6ccccc56)ccc34)ccc2c1. The van der Waals surface area contributed by atoms with E-state index >= 15 is 0 Å². The lowest BCUT2D eigenvalue weighted by molar-refractivity contribution is 1.41. The van der Waals surface area contributed by atoms with E-state index in [1.165, 1.54) is 104 Å². The summed E-state index contributed by atoms with van der Waals surface area (Å²) < 4.78 is 0. The fourth-order valence-corrected chi connectivity index (χ4v) is 9.60. The maximum absolute atomic E-state index is 4.92. The smallest absolute Gasteiger partial charge is 0.0702 e. The topological polar surface area (TPSA) is 12.9 Å². The second-order valence-electron chi connectivity index (χ2n) is 15.4. The van der Waals surface area contributed by atoms with Crippen molar-refractivity contribution in [2.45, 2.75) is 0 Å². The van der Waals surface area contributed by atoms with Gasteiger partial charge < -0.3 is 0 Å². The average Bonchev–Trinajstić information content (AvgIpc) is 3.29. The normalized spacial score (nSPS) is 11.8. The van der Waals surface area contributed by atoms with Crippen molar-refractivity contribution in [3.8, 4) is 44.5 Å². The molecule has 0 saturated heterocycles. The van der Waals surface area contributed by atoms with E-state index in [9.17, 15) is 0 Å².